The number of para-hydroxylation sites is 1. The smallest absolute Gasteiger partial charge is 0.326 e. The molecule has 142 valence electrons. The second-order valence-corrected chi connectivity index (χ2v) is 6.66. The number of aromatic amines is 1. The van der Waals surface area contributed by atoms with Crippen molar-refractivity contribution in [3.8, 4) is 17.1 Å². The number of hydrogen-bond donors (Lipinski definition) is 1. The molecular weight excluding hydrogens is 356 g/mol. The van der Waals surface area contributed by atoms with Crippen molar-refractivity contribution < 1.29 is 9.26 Å². The van der Waals surface area contributed by atoms with Crippen molar-refractivity contribution in [1.29, 1.82) is 0 Å². The number of nitrogens with one attached hydrogen (secondary N) is 1. The summed E-state index contributed by atoms with van der Waals surface area (Å²) in [4.78, 5) is 19.4. The fraction of sp³-hybridized carbons (Fsp3) is 0.190. The lowest BCUT2D eigenvalue weighted by Crippen LogP contribution is -2.18. The average molecular weight is 376 g/mol. The van der Waals surface area contributed by atoms with Crippen LogP contribution in [0.4, 0.5) is 0 Å². The summed E-state index contributed by atoms with van der Waals surface area (Å²) in [6.07, 6.45) is 3.60. The number of imidazole rings is 1. The molecule has 2 heterocycles. The second kappa shape index (κ2) is 7.19. The molecular formula is C21H20N4O3. The lowest BCUT2D eigenvalue weighted by Gasteiger charge is -2.06. The van der Waals surface area contributed by atoms with Gasteiger partial charge in [0, 0.05) is 23.2 Å². The highest BCUT2D eigenvalue weighted by molar-refractivity contribution is 5.81. The third kappa shape index (κ3) is 3.22. The van der Waals surface area contributed by atoms with Gasteiger partial charge in [0.2, 0.25) is 5.82 Å². The van der Waals surface area contributed by atoms with Crippen LogP contribution in [-0.2, 0) is 0 Å². The van der Waals surface area contributed by atoms with E-state index < -0.39 is 0 Å². The Morgan fingerprint density at radius 2 is 2.00 bits per heavy atom. The molecule has 4 rings (SSSR count). The van der Waals surface area contributed by atoms with Crippen LogP contribution in [0.15, 0.2) is 51.8 Å². The number of H-pyrrole nitrogens is 1. The summed E-state index contributed by atoms with van der Waals surface area (Å²) >= 11 is 0. The summed E-state index contributed by atoms with van der Waals surface area (Å²) in [5, 5.41) is 4.05. The molecule has 0 amide bonds. The first-order valence-electron chi connectivity index (χ1n) is 8.96. The number of fused-ring (bicyclic) bond motifs is 1. The van der Waals surface area contributed by atoms with Crippen LogP contribution >= 0.6 is 0 Å². The van der Waals surface area contributed by atoms with Crippen molar-refractivity contribution >= 4 is 23.2 Å². The van der Waals surface area contributed by atoms with Crippen LogP contribution in [0.5, 0.6) is 5.75 Å². The van der Waals surface area contributed by atoms with Gasteiger partial charge in [-0.15, -0.1) is 0 Å². The molecule has 0 saturated carbocycles. The van der Waals surface area contributed by atoms with Crippen molar-refractivity contribution in [3.63, 3.8) is 0 Å². The van der Waals surface area contributed by atoms with E-state index >= 15 is 0 Å². The number of aromatic nitrogens is 4. The molecule has 0 fully saturated rings. The molecule has 0 unspecified atom stereocenters. The summed E-state index contributed by atoms with van der Waals surface area (Å²) in [7, 11) is 1.63. The molecule has 28 heavy (non-hydrogen) atoms. The Morgan fingerprint density at radius 3 is 2.79 bits per heavy atom. The SMILES string of the molecule is COc1ccccc1/C=C/c1nc(-c2ccc3c(c2)[nH]c(=O)n3C(C)C)no1. The van der Waals surface area contributed by atoms with Gasteiger partial charge >= 0.3 is 5.69 Å². The molecule has 0 atom stereocenters. The molecule has 0 aliphatic carbocycles. The summed E-state index contributed by atoms with van der Waals surface area (Å²) < 4.78 is 12.4. The Labute approximate surface area is 161 Å². The lowest BCUT2D eigenvalue weighted by molar-refractivity contribution is 0.411. The van der Waals surface area contributed by atoms with Crippen molar-refractivity contribution in [3.05, 3.63) is 64.4 Å². The number of nitrogens with zero attached hydrogens (tertiary/aromatic N) is 3. The molecule has 0 saturated heterocycles. The minimum absolute atomic E-state index is 0.0731. The van der Waals surface area contributed by atoms with Crippen LogP contribution in [0, 0.1) is 0 Å². The lowest BCUT2D eigenvalue weighted by atomic mass is 10.2. The molecule has 0 radical (unpaired) electrons. The average Bonchev–Trinajstić information content (AvgIpc) is 3.29. The zero-order valence-electron chi connectivity index (χ0n) is 15.8. The standard InChI is InChI=1S/C21H20N4O3/c1-13(2)25-17-10-8-15(12-16(17)22-21(25)26)20-23-19(28-24-20)11-9-14-6-4-5-7-18(14)27-3/h4-13H,1-3H3,(H,22,26)/b11-9+. The highest BCUT2D eigenvalue weighted by Gasteiger charge is 2.13. The molecule has 0 spiro atoms. The molecule has 0 bridgehead atoms. The maximum atomic E-state index is 12.1. The Morgan fingerprint density at radius 1 is 1.18 bits per heavy atom. The highest BCUT2D eigenvalue weighted by atomic mass is 16.5. The van der Waals surface area contributed by atoms with Gasteiger partial charge in [-0.2, -0.15) is 4.98 Å². The van der Waals surface area contributed by atoms with Crippen molar-refractivity contribution in [2.24, 2.45) is 0 Å². The first-order chi connectivity index (χ1) is 13.6. The predicted molar refractivity (Wildman–Crippen MR) is 108 cm³/mol. The Bertz CT molecular complexity index is 1210. The van der Waals surface area contributed by atoms with E-state index in [2.05, 4.69) is 15.1 Å². The van der Waals surface area contributed by atoms with Crippen LogP contribution in [0.25, 0.3) is 34.6 Å². The highest BCUT2D eigenvalue weighted by Crippen LogP contribution is 2.23. The predicted octanol–water partition coefficient (Wildman–Crippen LogP) is 4.14. The summed E-state index contributed by atoms with van der Waals surface area (Å²) in [5.41, 5.74) is 3.15. The summed E-state index contributed by atoms with van der Waals surface area (Å²) in [5.74, 6) is 1.61. The molecule has 2 aromatic heterocycles. The van der Waals surface area contributed by atoms with Gasteiger partial charge in [-0.25, -0.2) is 4.79 Å². The van der Waals surface area contributed by atoms with E-state index in [9.17, 15) is 4.79 Å². The van der Waals surface area contributed by atoms with Crippen LogP contribution < -0.4 is 10.4 Å². The molecule has 0 aliphatic rings. The quantitative estimate of drug-likeness (QED) is 0.566. The fourth-order valence-corrected chi connectivity index (χ4v) is 3.17. The van der Waals surface area contributed by atoms with Gasteiger partial charge in [0.25, 0.3) is 5.89 Å². The number of rotatable bonds is 5. The third-order valence-electron chi connectivity index (χ3n) is 4.48. The van der Waals surface area contributed by atoms with E-state index in [0.717, 1.165) is 27.9 Å². The molecule has 7 heteroatoms. The van der Waals surface area contributed by atoms with Crippen molar-refractivity contribution in [1.82, 2.24) is 19.7 Å². The van der Waals surface area contributed by atoms with Gasteiger partial charge < -0.3 is 14.2 Å². The van der Waals surface area contributed by atoms with E-state index in [4.69, 9.17) is 9.26 Å². The van der Waals surface area contributed by atoms with Crippen LogP contribution in [-0.4, -0.2) is 26.8 Å². The van der Waals surface area contributed by atoms with Gasteiger partial charge in [-0.05, 0) is 44.2 Å². The van der Waals surface area contributed by atoms with E-state index in [-0.39, 0.29) is 11.7 Å². The summed E-state index contributed by atoms with van der Waals surface area (Å²) in [6, 6.07) is 13.4. The minimum Gasteiger partial charge on any atom is -0.496 e. The van der Waals surface area contributed by atoms with Crippen LogP contribution in [0.2, 0.25) is 0 Å². The van der Waals surface area contributed by atoms with E-state index in [1.54, 1.807) is 17.8 Å². The number of benzene rings is 2. The fourth-order valence-electron chi connectivity index (χ4n) is 3.17. The van der Waals surface area contributed by atoms with Crippen molar-refractivity contribution in [2.45, 2.75) is 19.9 Å². The molecule has 2 aromatic carbocycles. The van der Waals surface area contributed by atoms with Gasteiger partial charge in [0.15, 0.2) is 0 Å². The van der Waals surface area contributed by atoms with Gasteiger partial charge in [-0.1, -0.05) is 23.4 Å². The monoisotopic (exact) mass is 376 g/mol. The molecule has 1 N–H and O–H groups in total. The minimum atomic E-state index is -0.129. The Hall–Kier alpha value is -3.61. The van der Waals surface area contributed by atoms with Crippen molar-refractivity contribution in [2.75, 3.05) is 7.11 Å². The maximum absolute atomic E-state index is 12.1. The first kappa shape index (κ1) is 17.8. The van der Waals surface area contributed by atoms with E-state index in [0.29, 0.717) is 11.7 Å². The topological polar surface area (TPSA) is 85.9 Å². The summed E-state index contributed by atoms with van der Waals surface area (Å²) in [6.45, 7) is 3.95. The Kier molecular flexibility index (Phi) is 4.57. The van der Waals surface area contributed by atoms with Crippen LogP contribution in [0.1, 0.15) is 31.3 Å². The van der Waals surface area contributed by atoms with E-state index in [1.165, 1.54) is 0 Å². The van der Waals surface area contributed by atoms with Crippen LogP contribution in [0.3, 0.4) is 0 Å². The maximum Gasteiger partial charge on any atom is 0.326 e. The number of ether oxygens (including phenoxy) is 1. The van der Waals surface area contributed by atoms with Gasteiger partial charge in [-0.3, -0.25) is 4.57 Å². The van der Waals surface area contributed by atoms with E-state index in [1.807, 2.05) is 62.4 Å². The third-order valence-corrected chi connectivity index (χ3v) is 4.48. The largest absolute Gasteiger partial charge is 0.496 e. The first-order valence-corrected chi connectivity index (χ1v) is 8.96. The Balaban J connectivity index is 1.64. The van der Waals surface area contributed by atoms with Gasteiger partial charge in [0.05, 0.1) is 18.1 Å². The second-order valence-electron chi connectivity index (χ2n) is 6.66. The van der Waals surface area contributed by atoms with Gasteiger partial charge in [0.1, 0.15) is 5.75 Å². The zero-order chi connectivity index (χ0) is 19.7. The zero-order valence-corrected chi connectivity index (χ0v) is 15.8. The number of hydrogen-bond acceptors (Lipinski definition) is 5. The molecule has 0 aliphatic heterocycles. The molecule has 4 aromatic rings. The normalized spacial score (nSPS) is 11.7. The number of methoxy groups -OCH3 is 1. The molecule has 7 nitrogen and oxygen atoms in total.